The molecule has 0 unspecified atom stereocenters. The zero-order valence-corrected chi connectivity index (χ0v) is 17.3. The van der Waals surface area contributed by atoms with Crippen molar-refractivity contribution in [3.05, 3.63) is 59.7 Å². The van der Waals surface area contributed by atoms with Crippen LogP contribution in [0.3, 0.4) is 0 Å². The summed E-state index contributed by atoms with van der Waals surface area (Å²) in [6, 6.07) is 15.6. The number of aliphatic hydroxyl groups excluding tert-OH is 1. The average Bonchev–Trinajstić information content (AvgIpc) is 2.98. The summed E-state index contributed by atoms with van der Waals surface area (Å²) in [5, 5.41) is 10.6. The topological polar surface area (TPSA) is 59.0 Å². The molecule has 2 aromatic rings. The van der Waals surface area contributed by atoms with E-state index in [4.69, 9.17) is 9.47 Å². The summed E-state index contributed by atoms with van der Waals surface area (Å²) in [6.07, 6.45) is 4.07. The van der Waals surface area contributed by atoms with Gasteiger partial charge in [-0.2, -0.15) is 0 Å². The van der Waals surface area contributed by atoms with Gasteiger partial charge in [0.1, 0.15) is 24.2 Å². The van der Waals surface area contributed by atoms with Gasteiger partial charge in [0.25, 0.3) is 0 Å². The monoisotopic (exact) mass is 397 g/mol. The van der Waals surface area contributed by atoms with E-state index in [2.05, 4.69) is 17.0 Å². The van der Waals surface area contributed by atoms with Crippen molar-refractivity contribution < 1.29 is 19.4 Å². The molecule has 0 spiro atoms. The molecule has 2 atom stereocenters. The molecule has 0 bridgehead atoms. The number of rotatable bonds is 8. The van der Waals surface area contributed by atoms with Gasteiger partial charge in [-0.3, -0.25) is 9.69 Å². The van der Waals surface area contributed by atoms with E-state index < -0.39 is 6.10 Å². The third-order valence-electron chi connectivity index (χ3n) is 5.51. The molecule has 2 aromatic carbocycles. The Kier molecular flexibility index (Phi) is 7.67. The van der Waals surface area contributed by atoms with Crippen LogP contribution in [0.1, 0.15) is 54.6 Å². The van der Waals surface area contributed by atoms with Crippen LogP contribution in [-0.4, -0.2) is 48.7 Å². The lowest BCUT2D eigenvalue weighted by Crippen LogP contribution is -2.38. The molecule has 0 aromatic heterocycles. The largest absolute Gasteiger partial charge is 0.497 e. The number of hydrogen-bond acceptors (Lipinski definition) is 5. The van der Waals surface area contributed by atoms with E-state index in [1.54, 1.807) is 38.3 Å². The molecule has 0 amide bonds. The number of ether oxygens (including phenoxy) is 2. The van der Waals surface area contributed by atoms with Crippen molar-refractivity contribution in [2.75, 3.05) is 26.8 Å². The number of likely N-dealkylation sites (tertiary alicyclic amines) is 1. The van der Waals surface area contributed by atoms with E-state index in [0.29, 0.717) is 23.9 Å². The molecule has 3 rings (SSSR count). The highest BCUT2D eigenvalue weighted by atomic mass is 16.5. The highest BCUT2D eigenvalue weighted by Gasteiger charge is 2.24. The van der Waals surface area contributed by atoms with Crippen molar-refractivity contribution in [1.29, 1.82) is 0 Å². The second-order valence-electron chi connectivity index (χ2n) is 7.68. The van der Waals surface area contributed by atoms with Crippen molar-refractivity contribution in [3.8, 4) is 11.5 Å². The maximum absolute atomic E-state index is 11.4. The average molecular weight is 398 g/mol. The molecule has 5 nitrogen and oxygen atoms in total. The van der Waals surface area contributed by atoms with Gasteiger partial charge in [-0.25, -0.2) is 0 Å². The number of Topliss-reactive ketones (excluding diaryl/α,β-unsaturated/α-hetero) is 1. The predicted octanol–water partition coefficient (Wildman–Crippen LogP) is 4.25. The van der Waals surface area contributed by atoms with Crippen LogP contribution in [0, 0.1) is 0 Å². The number of hydrogen-bond donors (Lipinski definition) is 1. The lowest BCUT2D eigenvalue weighted by atomic mass is 10.0. The van der Waals surface area contributed by atoms with Gasteiger partial charge in [-0.1, -0.05) is 25.0 Å². The molecule has 1 saturated heterocycles. The Morgan fingerprint density at radius 3 is 2.41 bits per heavy atom. The SMILES string of the molecule is COc1ccc([C@H]2CCCCCN2C[C@@H](O)COc2ccc(C(C)=O)cc2)cc1. The van der Waals surface area contributed by atoms with Gasteiger partial charge in [-0.15, -0.1) is 0 Å². The Hall–Kier alpha value is -2.37. The zero-order valence-electron chi connectivity index (χ0n) is 17.3. The number of aliphatic hydroxyl groups is 1. The maximum atomic E-state index is 11.4. The summed E-state index contributed by atoms with van der Waals surface area (Å²) in [5.74, 6) is 1.55. The van der Waals surface area contributed by atoms with Crippen LogP contribution in [0.15, 0.2) is 48.5 Å². The van der Waals surface area contributed by atoms with E-state index >= 15 is 0 Å². The van der Waals surface area contributed by atoms with Crippen LogP contribution >= 0.6 is 0 Å². The van der Waals surface area contributed by atoms with E-state index in [1.807, 2.05) is 12.1 Å². The lowest BCUT2D eigenvalue weighted by Gasteiger charge is -2.32. The number of ketones is 1. The van der Waals surface area contributed by atoms with E-state index in [0.717, 1.165) is 25.1 Å². The zero-order chi connectivity index (χ0) is 20.6. The number of benzene rings is 2. The van der Waals surface area contributed by atoms with Crippen LogP contribution in [0.5, 0.6) is 11.5 Å². The number of carbonyl (C=O) groups is 1. The van der Waals surface area contributed by atoms with Crippen LogP contribution in [0.2, 0.25) is 0 Å². The smallest absolute Gasteiger partial charge is 0.159 e. The first-order valence-corrected chi connectivity index (χ1v) is 10.4. The molecule has 1 fully saturated rings. The van der Waals surface area contributed by atoms with Gasteiger partial charge in [0.05, 0.1) is 7.11 Å². The van der Waals surface area contributed by atoms with Crippen LogP contribution in [0.4, 0.5) is 0 Å². The first-order valence-electron chi connectivity index (χ1n) is 10.4. The summed E-state index contributed by atoms with van der Waals surface area (Å²) in [7, 11) is 1.68. The van der Waals surface area contributed by atoms with Crippen molar-refractivity contribution >= 4 is 5.78 Å². The summed E-state index contributed by atoms with van der Waals surface area (Å²) in [5.41, 5.74) is 1.92. The first kappa shape index (κ1) is 21.3. The van der Waals surface area contributed by atoms with Gasteiger partial charge in [0.15, 0.2) is 5.78 Å². The van der Waals surface area contributed by atoms with Gasteiger partial charge < -0.3 is 14.6 Å². The van der Waals surface area contributed by atoms with Gasteiger partial charge in [0.2, 0.25) is 0 Å². The summed E-state index contributed by atoms with van der Waals surface area (Å²) in [4.78, 5) is 13.7. The molecule has 1 N–H and O–H groups in total. The lowest BCUT2D eigenvalue weighted by molar-refractivity contribution is 0.0525. The Morgan fingerprint density at radius 2 is 1.76 bits per heavy atom. The number of β-amino-alcohol motifs (C(OH)–C–C–N with tert-alkyl or cyclic N) is 1. The molecule has 1 aliphatic rings. The second-order valence-corrected chi connectivity index (χ2v) is 7.68. The molecule has 1 aliphatic heterocycles. The van der Waals surface area contributed by atoms with Crippen LogP contribution in [-0.2, 0) is 0 Å². The minimum Gasteiger partial charge on any atom is -0.497 e. The molecule has 0 saturated carbocycles. The van der Waals surface area contributed by atoms with Crippen LogP contribution < -0.4 is 9.47 Å². The number of nitrogens with zero attached hydrogens (tertiary/aromatic N) is 1. The van der Waals surface area contributed by atoms with Crippen molar-refractivity contribution in [2.45, 2.75) is 44.8 Å². The predicted molar refractivity (Wildman–Crippen MR) is 114 cm³/mol. The quantitative estimate of drug-likeness (QED) is 0.675. The normalized spacial score (nSPS) is 18.7. The summed E-state index contributed by atoms with van der Waals surface area (Å²) < 4.78 is 11.0. The molecular formula is C24H31NO4. The van der Waals surface area contributed by atoms with Crippen molar-refractivity contribution in [3.63, 3.8) is 0 Å². The third-order valence-corrected chi connectivity index (χ3v) is 5.51. The fourth-order valence-corrected chi connectivity index (χ4v) is 3.89. The Labute approximate surface area is 173 Å². The second kappa shape index (κ2) is 10.4. The van der Waals surface area contributed by atoms with Crippen molar-refractivity contribution in [1.82, 2.24) is 4.90 Å². The van der Waals surface area contributed by atoms with Crippen molar-refractivity contribution in [2.24, 2.45) is 0 Å². The van der Waals surface area contributed by atoms with E-state index in [-0.39, 0.29) is 12.4 Å². The van der Waals surface area contributed by atoms with Gasteiger partial charge in [0, 0.05) is 18.2 Å². The Balaban J connectivity index is 1.59. The minimum atomic E-state index is -0.582. The maximum Gasteiger partial charge on any atom is 0.159 e. The molecule has 0 aliphatic carbocycles. The molecular weight excluding hydrogens is 366 g/mol. The molecule has 5 heteroatoms. The molecule has 29 heavy (non-hydrogen) atoms. The Morgan fingerprint density at radius 1 is 1.07 bits per heavy atom. The minimum absolute atomic E-state index is 0.0299. The fourth-order valence-electron chi connectivity index (χ4n) is 3.89. The standard InChI is InChI=1S/C24H31NO4/c1-18(26)19-7-13-23(14-8-19)29-17-21(27)16-25-15-5-3-4-6-24(25)20-9-11-22(28-2)12-10-20/h7-14,21,24,27H,3-6,15-17H2,1-2H3/t21-,24-/m1/s1. The molecule has 156 valence electrons. The summed E-state index contributed by atoms with van der Waals surface area (Å²) in [6.45, 7) is 3.31. The summed E-state index contributed by atoms with van der Waals surface area (Å²) >= 11 is 0. The highest BCUT2D eigenvalue weighted by molar-refractivity contribution is 5.94. The third kappa shape index (κ3) is 6.05. The van der Waals surface area contributed by atoms with E-state index in [9.17, 15) is 9.90 Å². The molecule has 1 heterocycles. The highest BCUT2D eigenvalue weighted by Crippen LogP contribution is 2.31. The number of carbonyl (C=O) groups excluding carboxylic acids is 1. The first-order chi connectivity index (χ1) is 14.1. The Bertz CT molecular complexity index is 772. The fraction of sp³-hybridized carbons (Fsp3) is 0.458. The van der Waals surface area contributed by atoms with E-state index in [1.165, 1.54) is 18.4 Å². The molecule has 0 radical (unpaired) electrons. The van der Waals surface area contributed by atoms with Gasteiger partial charge in [-0.05, 0) is 68.3 Å². The van der Waals surface area contributed by atoms with Crippen LogP contribution in [0.25, 0.3) is 0 Å². The number of methoxy groups -OCH3 is 1. The van der Waals surface area contributed by atoms with Gasteiger partial charge >= 0.3 is 0 Å².